The first kappa shape index (κ1) is 25.2. The lowest BCUT2D eigenvalue weighted by molar-refractivity contribution is -0.136. The average molecular weight is 464 g/mol. The van der Waals surface area contributed by atoms with Crippen molar-refractivity contribution in [3.05, 3.63) is 76.1 Å². The normalized spacial score (nSPS) is 16.2. The quantitative estimate of drug-likeness (QED) is 0.613. The summed E-state index contributed by atoms with van der Waals surface area (Å²) in [6.45, 7) is 8.52. The van der Waals surface area contributed by atoms with Gasteiger partial charge in [-0.15, -0.1) is 0 Å². The highest BCUT2D eigenvalue weighted by molar-refractivity contribution is 6.05. The van der Waals surface area contributed by atoms with E-state index in [1.807, 2.05) is 43.0 Å². The van der Waals surface area contributed by atoms with Crippen LogP contribution in [0.25, 0.3) is 5.57 Å². The molecule has 7 heteroatoms. The minimum Gasteiger partial charge on any atom is -0.466 e. The zero-order valence-electron chi connectivity index (χ0n) is 20.7. The summed E-state index contributed by atoms with van der Waals surface area (Å²) in [7, 11) is 2.72. The van der Waals surface area contributed by atoms with Crippen LogP contribution in [0.4, 0.5) is 5.82 Å². The molecule has 2 N–H and O–H groups in total. The van der Waals surface area contributed by atoms with E-state index in [0.29, 0.717) is 22.9 Å². The number of ether oxygens (including phenoxy) is 2. The number of nitrogens with two attached hydrogens (primary N) is 1. The molecule has 0 bridgehead atoms. The van der Waals surface area contributed by atoms with Crippen LogP contribution < -0.4 is 10.6 Å². The smallest absolute Gasteiger partial charge is 0.339 e. The van der Waals surface area contributed by atoms with E-state index in [0.717, 1.165) is 34.4 Å². The number of anilines is 1. The molecular weight excluding hydrogens is 430 g/mol. The fourth-order valence-corrected chi connectivity index (χ4v) is 4.39. The molecule has 2 heterocycles. The molecule has 2 aromatic rings. The van der Waals surface area contributed by atoms with Gasteiger partial charge < -0.3 is 20.1 Å². The largest absolute Gasteiger partial charge is 0.466 e. The van der Waals surface area contributed by atoms with Gasteiger partial charge in [0.25, 0.3) is 0 Å². The van der Waals surface area contributed by atoms with Crippen LogP contribution in [0, 0.1) is 12.8 Å². The minimum atomic E-state index is -0.455. The van der Waals surface area contributed by atoms with Crippen molar-refractivity contribution in [1.82, 2.24) is 4.98 Å². The van der Waals surface area contributed by atoms with Gasteiger partial charge in [0.05, 0.1) is 31.4 Å². The Kier molecular flexibility index (Phi) is 7.89. The summed E-state index contributed by atoms with van der Waals surface area (Å²) in [5.41, 5.74) is 12.0. The fraction of sp³-hybridized carbons (Fsp3) is 0.370. The zero-order chi connectivity index (χ0) is 25.0. The van der Waals surface area contributed by atoms with Gasteiger partial charge >= 0.3 is 11.9 Å². The monoisotopic (exact) mass is 463 g/mol. The summed E-state index contributed by atoms with van der Waals surface area (Å²) >= 11 is 0. The van der Waals surface area contributed by atoms with E-state index >= 15 is 0 Å². The average Bonchev–Trinajstić information content (AvgIpc) is 2.83. The van der Waals surface area contributed by atoms with E-state index in [9.17, 15) is 9.59 Å². The third-order valence-electron chi connectivity index (χ3n) is 5.98. The number of pyridine rings is 1. The van der Waals surface area contributed by atoms with Gasteiger partial charge in [0.1, 0.15) is 5.82 Å². The van der Waals surface area contributed by atoms with Crippen molar-refractivity contribution in [2.75, 3.05) is 25.7 Å². The minimum absolute atomic E-state index is 0.245. The molecule has 1 unspecified atom stereocenters. The first-order valence-electron chi connectivity index (χ1n) is 11.4. The predicted molar refractivity (Wildman–Crippen MR) is 133 cm³/mol. The Balaban J connectivity index is 2.28. The van der Waals surface area contributed by atoms with Crippen LogP contribution in [0.3, 0.4) is 0 Å². The highest BCUT2D eigenvalue weighted by atomic mass is 16.5. The molecule has 3 rings (SSSR count). The maximum Gasteiger partial charge on any atom is 0.339 e. The van der Waals surface area contributed by atoms with Gasteiger partial charge in [0.2, 0.25) is 0 Å². The van der Waals surface area contributed by atoms with E-state index in [2.05, 4.69) is 18.8 Å². The summed E-state index contributed by atoms with van der Waals surface area (Å²) in [6, 6.07) is 11.2. The predicted octanol–water partition coefficient (Wildman–Crippen LogP) is 4.27. The highest BCUT2D eigenvalue weighted by Gasteiger charge is 2.37. The lowest BCUT2D eigenvalue weighted by atomic mass is 9.82. The van der Waals surface area contributed by atoms with Gasteiger partial charge in [-0.3, -0.25) is 0 Å². The summed E-state index contributed by atoms with van der Waals surface area (Å²) < 4.78 is 10.0. The molecule has 0 saturated heterocycles. The van der Waals surface area contributed by atoms with Gasteiger partial charge in [0.15, 0.2) is 0 Å². The van der Waals surface area contributed by atoms with Gasteiger partial charge in [-0.1, -0.05) is 43.7 Å². The van der Waals surface area contributed by atoms with Crippen molar-refractivity contribution in [2.45, 2.75) is 40.2 Å². The fourth-order valence-electron chi connectivity index (χ4n) is 4.39. The van der Waals surface area contributed by atoms with E-state index in [1.54, 1.807) is 12.1 Å². The van der Waals surface area contributed by atoms with E-state index in [-0.39, 0.29) is 12.6 Å². The number of esters is 2. The molecule has 1 aliphatic rings. The van der Waals surface area contributed by atoms with E-state index in [1.165, 1.54) is 20.4 Å². The third-order valence-corrected chi connectivity index (χ3v) is 5.98. The van der Waals surface area contributed by atoms with Crippen LogP contribution in [0.1, 0.15) is 48.7 Å². The number of nitrogens with zero attached hydrogens (tertiary/aromatic N) is 2. The van der Waals surface area contributed by atoms with Crippen molar-refractivity contribution in [3.8, 4) is 0 Å². The SMILES string of the molecule is COC(=O)C1=C(c2ccc(C)cc2)C(CN)=C(CC(C)C)N(c2ccc(C(=O)OC)cn2)C1C. The van der Waals surface area contributed by atoms with Gasteiger partial charge in [-0.25, -0.2) is 14.6 Å². The topological polar surface area (TPSA) is 94.8 Å². The lowest BCUT2D eigenvalue weighted by Gasteiger charge is -2.41. The second-order valence-electron chi connectivity index (χ2n) is 8.82. The zero-order valence-corrected chi connectivity index (χ0v) is 20.7. The lowest BCUT2D eigenvalue weighted by Crippen LogP contribution is -2.42. The molecule has 0 aliphatic carbocycles. The molecule has 0 amide bonds. The molecule has 0 spiro atoms. The molecule has 1 aromatic carbocycles. The van der Waals surface area contributed by atoms with Crippen LogP contribution in [0.2, 0.25) is 0 Å². The molecule has 1 atom stereocenters. The first-order valence-corrected chi connectivity index (χ1v) is 11.4. The second-order valence-corrected chi connectivity index (χ2v) is 8.82. The van der Waals surface area contributed by atoms with Gasteiger partial charge in [0, 0.05) is 24.0 Å². The number of carbonyl (C=O) groups is 2. The summed E-state index contributed by atoms with van der Waals surface area (Å²) in [6.07, 6.45) is 2.22. The summed E-state index contributed by atoms with van der Waals surface area (Å²) in [5, 5.41) is 0. The Labute approximate surface area is 201 Å². The van der Waals surface area contributed by atoms with Crippen molar-refractivity contribution in [1.29, 1.82) is 0 Å². The van der Waals surface area contributed by atoms with Crippen LogP contribution in [0.5, 0.6) is 0 Å². The van der Waals surface area contributed by atoms with Crippen molar-refractivity contribution >= 4 is 23.3 Å². The Morgan fingerprint density at radius 1 is 1.06 bits per heavy atom. The van der Waals surface area contributed by atoms with Crippen LogP contribution in [0.15, 0.2) is 59.4 Å². The molecule has 1 aliphatic heterocycles. The Hall–Kier alpha value is -3.45. The second kappa shape index (κ2) is 10.7. The number of rotatable bonds is 7. The Bertz CT molecular complexity index is 1120. The molecule has 0 fully saturated rings. The van der Waals surface area contributed by atoms with Crippen molar-refractivity contribution in [3.63, 3.8) is 0 Å². The Morgan fingerprint density at radius 2 is 1.71 bits per heavy atom. The van der Waals surface area contributed by atoms with Gasteiger partial charge in [-0.2, -0.15) is 0 Å². The number of aromatic nitrogens is 1. The molecular formula is C27H33N3O4. The third kappa shape index (κ3) is 4.89. The van der Waals surface area contributed by atoms with Crippen LogP contribution in [-0.4, -0.2) is 43.7 Å². The van der Waals surface area contributed by atoms with Gasteiger partial charge in [-0.05, 0) is 49.5 Å². The molecule has 34 heavy (non-hydrogen) atoms. The number of carbonyl (C=O) groups excluding carboxylic acids is 2. The number of hydrogen-bond donors (Lipinski definition) is 1. The number of aryl methyl sites for hydroxylation is 1. The first-order chi connectivity index (χ1) is 16.2. The van der Waals surface area contributed by atoms with E-state index in [4.69, 9.17) is 15.2 Å². The van der Waals surface area contributed by atoms with Crippen LogP contribution >= 0.6 is 0 Å². The molecule has 0 radical (unpaired) electrons. The number of hydrogen-bond acceptors (Lipinski definition) is 7. The van der Waals surface area contributed by atoms with Crippen LogP contribution in [-0.2, 0) is 14.3 Å². The number of methoxy groups -OCH3 is 2. The number of benzene rings is 1. The standard InChI is InChI=1S/C27H33N3O4/c1-16(2)13-22-21(14-28)25(19-9-7-17(3)8-10-19)24(27(32)34-6)18(4)30(22)23-12-11-20(15-29-23)26(31)33-5/h7-12,15-16,18H,13-14,28H2,1-6H3. The molecule has 180 valence electrons. The van der Waals surface area contributed by atoms with Crippen molar-refractivity contribution in [2.24, 2.45) is 11.7 Å². The maximum absolute atomic E-state index is 13.1. The highest BCUT2D eigenvalue weighted by Crippen LogP contribution is 2.42. The van der Waals surface area contributed by atoms with Crippen molar-refractivity contribution < 1.29 is 19.1 Å². The molecule has 7 nitrogen and oxygen atoms in total. The molecule has 0 saturated carbocycles. The summed E-state index contributed by atoms with van der Waals surface area (Å²) in [4.78, 5) is 31.6. The maximum atomic E-state index is 13.1. The van der Waals surface area contributed by atoms with E-state index < -0.39 is 11.9 Å². The summed E-state index contributed by atoms with van der Waals surface area (Å²) in [5.74, 6) is 0.0857. The number of allylic oxidation sites excluding steroid dienone is 1. The molecule has 1 aromatic heterocycles. The Morgan fingerprint density at radius 3 is 2.21 bits per heavy atom.